The van der Waals surface area contributed by atoms with Crippen LogP contribution in [0.4, 0.5) is 5.82 Å². The summed E-state index contributed by atoms with van der Waals surface area (Å²) < 4.78 is 5.68. The van der Waals surface area contributed by atoms with Crippen LogP contribution < -0.4 is 10.2 Å². The van der Waals surface area contributed by atoms with Gasteiger partial charge >= 0.3 is 0 Å². The fourth-order valence-corrected chi connectivity index (χ4v) is 5.59. The zero-order valence-corrected chi connectivity index (χ0v) is 19.2. The number of amides is 1. The molecule has 6 nitrogen and oxygen atoms in total. The molecule has 2 unspecified atom stereocenters. The van der Waals surface area contributed by atoms with E-state index in [0.717, 1.165) is 51.6 Å². The van der Waals surface area contributed by atoms with Gasteiger partial charge < -0.3 is 19.9 Å². The maximum atomic E-state index is 13.0. The maximum absolute atomic E-state index is 13.0. The molecule has 1 amide bonds. The number of hydrogen-bond acceptors (Lipinski definition) is 5. The molecule has 0 radical (unpaired) electrons. The Bertz CT molecular complexity index is 689. The average molecular weight is 429 g/mol. The molecule has 2 saturated heterocycles. The standard InChI is InChI=1S/C25H40N4O2/c1-2-31-19-20-8-7-13-28(17-20)18-22-9-3-4-10-23(22)27-25(30)21-11-12-24(26-16-21)29-14-5-6-15-29/h11-12,16,20,22-23H,2-10,13-15,17-19H2,1H3,(H,27,30)/t20?,22-,23?/m0/s1. The molecule has 4 rings (SSSR count). The first kappa shape index (κ1) is 22.5. The molecule has 31 heavy (non-hydrogen) atoms. The predicted octanol–water partition coefficient (Wildman–Crippen LogP) is 3.72. The van der Waals surface area contributed by atoms with Crippen LogP contribution in [0, 0.1) is 11.8 Å². The van der Waals surface area contributed by atoms with Crippen LogP contribution in [-0.4, -0.2) is 67.8 Å². The zero-order chi connectivity index (χ0) is 21.5. The van der Waals surface area contributed by atoms with E-state index in [-0.39, 0.29) is 11.9 Å². The first-order valence-corrected chi connectivity index (χ1v) is 12.5. The van der Waals surface area contributed by atoms with E-state index in [1.807, 2.05) is 12.1 Å². The van der Waals surface area contributed by atoms with Crippen LogP contribution in [0.15, 0.2) is 18.3 Å². The Morgan fingerprint density at radius 1 is 1.10 bits per heavy atom. The Kier molecular flexibility index (Phi) is 8.20. The van der Waals surface area contributed by atoms with E-state index in [9.17, 15) is 4.79 Å². The van der Waals surface area contributed by atoms with Crippen molar-refractivity contribution in [3.8, 4) is 0 Å². The summed E-state index contributed by atoms with van der Waals surface area (Å²) in [6.45, 7) is 9.33. The minimum atomic E-state index is 0.0326. The molecule has 3 atom stereocenters. The summed E-state index contributed by atoms with van der Waals surface area (Å²) in [7, 11) is 0. The average Bonchev–Trinajstić information content (AvgIpc) is 3.34. The highest BCUT2D eigenvalue weighted by atomic mass is 16.5. The summed E-state index contributed by atoms with van der Waals surface area (Å²) in [4.78, 5) is 22.4. The number of aromatic nitrogens is 1. The number of anilines is 1. The molecule has 1 saturated carbocycles. The van der Waals surface area contributed by atoms with Crippen molar-refractivity contribution in [3.05, 3.63) is 23.9 Å². The number of likely N-dealkylation sites (tertiary alicyclic amines) is 1. The molecular formula is C25H40N4O2. The quantitative estimate of drug-likeness (QED) is 0.684. The van der Waals surface area contributed by atoms with Gasteiger partial charge in [0.1, 0.15) is 5.82 Å². The van der Waals surface area contributed by atoms with Gasteiger partial charge in [0.05, 0.1) is 12.2 Å². The van der Waals surface area contributed by atoms with Gasteiger partial charge in [0.25, 0.3) is 5.91 Å². The smallest absolute Gasteiger partial charge is 0.253 e. The number of nitrogens with zero attached hydrogens (tertiary/aromatic N) is 3. The highest BCUT2D eigenvalue weighted by molar-refractivity contribution is 5.94. The third kappa shape index (κ3) is 6.19. The molecule has 1 aromatic heterocycles. The maximum Gasteiger partial charge on any atom is 0.253 e. The Morgan fingerprint density at radius 3 is 2.71 bits per heavy atom. The van der Waals surface area contributed by atoms with Gasteiger partial charge in [-0.05, 0) is 76.0 Å². The van der Waals surface area contributed by atoms with Gasteiger partial charge in [-0.25, -0.2) is 4.98 Å². The van der Waals surface area contributed by atoms with Crippen LogP contribution in [0.25, 0.3) is 0 Å². The molecule has 1 aliphatic carbocycles. The van der Waals surface area contributed by atoms with Crippen molar-refractivity contribution >= 4 is 11.7 Å². The third-order valence-corrected chi connectivity index (χ3v) is 7.32. The molecule has 2 aliphatic heterocycles. The van der Waals surface area contributed by atoms with Crippen LogP contribution in [0.1, 0.15) is 68.6 Å². The topological polar surface area (TPSA) is 57.7 Å². The van der Waals surface area contributed by atoms with E-state index in [2.05, 4.69) is 27.0 Å². The highest BCUT2D eigenvalue weighted by Gasteiger charge is 2.30. The predicted molar refractivity (Wildman–Crippen MR) is 125 cm³/mol. The van der Waals surface area contributed by atoms with Crippen molar-refractivity contribution in [1.82, 2.24) is 15.2 Å². The van der Waals surface area contributed by atoms with Crippen molar-refractivity contribution in [2.24, 2.45) is 11.8 Å². The minimum Gasteiger partial charge on any atom is -0.381 e. The van der Waals surface area contributed by atoms with E-state index >= 15 is 0 Å². The van der Waals surface area contributed by atoms with Gasteiger partial charge in [-0.15, -0.1) is 0 Å². The molecule has 6 heteroatoms. The van der Waals surface area contributed by atoms with Gasteiger partial charge in [0.2, 0.25) is 0 Å². The van der Waals surface area contributed by atoms with Crippen LogP contribution in [0.2, 0.25) is 0 Å². The lowest BCUT2D eigenvalue weighted by atomic mass is 9.83. The summed E-state index contributed by atoms with van der Waals surface area (Å²) in [5, 5.41) is 3.37. The fraction of sp³-hybridized carbons (Fsp3) is 0.760. The van der Waals surface area contributed by atoms with Crippen molar-refractivity contribution in [2.45, 2.75) is 64.3 Å². The van der Waals surface area contributed by atoms with E-state index < -0.39 is 0 Å². The van der Waals surface area contributed by atoms with Crippen molar-refractivity contribution in [3.63, 3.8) is 0 Å². The van der Waals surface area contributed by atoms with E-state index in [1.165, 1.54) is 51.5 Å². The van der Waals surface area contributed by atoms with E-state index in [4.69, 9.17) is 4.74 Å². The van der Waals surface area contributed by atoms with Crippen LogP contribution in [0.3, 0.4) is 0 Å². The second kappa shape index (κ2) is 11.3. The number of carbonyl (C=O) groups is 1. The van der Waals surface area contributed by atoms with Crippen LogP contribution in [-0.2, 0) is 4.74 Å². The molecule has 3 fully saturated rings. The van der Waals surface area contributed by atoms with Gasteiger partial charge in [0.15, 0.2) is 0 Å². The monoisotopic (exact) mass is 428 g/mol. The number of hydrogen-bond donors (Lipinski definition) is 1. The van der Waals surface area contributed by atoms with Crippen LogP contribution in [0.5, 0.6) is 0 Å². The molecule has 0 spiro atoms. The minimum absolute atomic E-state index is 0.0326. The van der Waals surface area contributed by atoms with E-state index in [0.29, 0.717) is 17.4 Å². The number of rotatable bonds is 8. The van der Waals surface area contributed by atoms with Gasteiger partial charge in [-0.3, -0.25) is 4.79 Å². The first-order valence-electron chi connectivity index (χ1n) is 12.5. The van der Waals surface area contributed by atoms with Gasteiger partial charge in [0, 0.05) is 45.0 Å². The second-order valence-electron chi connectivity index (χ2n) is 9.65. The third-order valence-electron chi connectivity index (χ3n) is 7.32. The molecule has 1 N–H and O–H groups in total. The molecule has 3 aliphatic rings. The first-order chi connectivity index (χ1) is 15.2. The van der Waals surface area contributed by atoms with Crippen molar-refractivity contribution in [1.29, 1.82) is 0 Å². The summed E-state index contributed by atoms with van der Waals surface area (Å²) in [6.07, 6.45) is 11.5. The summed E-state index contributed by atoms with van der Waals surface area (Å²) in [5.41, 5.74) is 0.682. The van der Waals surface area contributed by atoms with Crippen molar-refractivity contribution < 1.29 is 9.53 Å². The Balaban J connectivity index is 1.31. The Morgan fingerprint density at radius 2 is 1.94 bits per heavy atom. The Labute approximate surface area is 187 Å². The van der Waals surface area contributed by atoms with Crippen molar-refractivity contribution in [2.75, 3.05) is 50.8 Å². The highest BCUT2D eigenvalue weighted by Crippen LogP contribution is 2.28. The molecule has 3 heterocycles. The number of ether oxygens (including phenoxy) is 1. The van der Waals surface area contributed by atoms with Gasteiger partial charge in [-0.1, -0.05) is 12.8 Å². The number of carbonyl (C=O) groups excluding carboxylic acids is 1. The number of nitrogens with one attached hydrogen (secondary N) is 1. The molecular weight excluding hydrogens is 388 g/mol. The van der Waals surface area contributed by atoms with Gasteiger partial charge in [-0.2, -0.15) is 0 Å². The van der Waals surface area contributed by atoms with Crippen LogP contribution >= 0.6 is 0 Å². The summed E-state index contributed by atoms with van der Waals surface area (Å²) in [5.74, 6) is 2.23. The largest absolute Gasteiger partial charge is 0.381 e. The fourth-order valence-electron chi connectivity index (χ4n) is 5.59. The second-order valence-corrected chi connectivity index (χ2v) is 9.65. The number of piperidine rings is 1. The molecule has 1 aromatic rings. The Hall–Kier alpha value is -1.66. The number of pyridine rings is 1. The normalized spacial score (nSPS) is 27.4. The SMILES string of the molecule is CCOCC1CCCN(C[C@@H]2CCCCC2NC(=O)c2ccc(N3CCCC3)nc2)C1. The summed E-state index contributed by atoms with van der Waals surface area (Å²) in [6, 6.07) is 4.22. The molecule has 0 aromatic carbocycles. The molecule has 172 valence electrons. The lowest BCUT2D eigenvalue weighted by Crippen LogP contribution is -2.48. The lowest BCUT2D eigenvalue weighted by molar-refractivity contribution is 0.0548. The molecule has 0 bridgehead atoms. The lowest BCUT2D eigenvalue weighted by Gasteiger charge is -2.39. The zero-order valence-electron chi connectivity index (χ0n) is 19.2. The van der Waals surface area contributed by atoms with E-state index in [1.54, 1.807) is 6.20 Å². The summed E-state index contributed by atoms with van der Waals surface area (Å²) >= 11 is 0.